The highest BCUT2D eigenvalue weighted by atomic mass is 16.2. The minimum atomic E-state index is -0.125. The van der Waals surface area contributed by atoms with Crippen molar-refractivity contribution in [1.82, 2.24) is 24.8 Å². The van der Waals surface area contributed by atoms with Crippen LogP contribution in [0.5, 0.6) is 0 Å². The van der Waals surface area contributed by atoms with Crippen LogP contribution in [0, 0.1) is 0 Å². The third kappa shape index (κ3) is 4.01. The number of nitrogens with one attached hydrogen (secondary N) is 2. The number of H-pyrrole nitrogens is 1. The molecule has 7 heteroatoms. The Balaban J connectivity index is 1.24. The molecule has 4 aromatic rings. The third-order valence-corrected chi connectivity index (χ3v) is 6.06. The highest BCUT2D eigenvalue weighted by Gasteiger charge is 2.32. The Morgan fingerprint density at radius 2 is 2.06 bits per heavy atom. The smallest absolute Gasteiger partial charge is 0.271 e. The second-order valence-electron chi connectivity index (χ2n) is 8.16. The highest BCUT2D eigenvalue weighted by molar-refractivity contribution is 5.93. The van der Waals surface area contributed by atoms with Crippen LogP contribution in [0.4, 0.5) is 0 Å². The van der Waals surface area contributed by atoms with Crippen LogP contribution in [-0.2, 0) is 24.3 Å². The Hall–Kier alpha value is -3.87. The van der Waals surface area contributed by atoms with Gasteiger partial charge in [-0.2, -0.15) is 0 Å². The van der Waals surface area contributed by atoms with Crippen LogP contribution in [-0.4, -0.2) is 43.8 Å². The summed E-state index contributed by atoms with van der Waals surface area (Å²) < 4.78 is 1.96. The number of fused-ring (bicyclic) bond motifs is 2. The molecule has 2 amide bonds. The fraction of sp³-hybridized carbons (Fsp3) is 0.240. The Morgan fingerprint density at radius 3 is 2.94 bits per heavy atom. The summed E-state index contributed by atoms with van der Waals surface area (Å²) >= 11 is 0. The quantitative estimate of drug-likeness (QED) is 0.475. The van der Waals surface area contributed by atoms with Gasteiger partial charge in [0.05, 0.1) is 6.04 Å². The number of aromatic nitrogens is 3. The van der Waals surface area contributed by atoms with Crippen LogP contribution >= 0.6 is 0 Å². The predicted octanol–water partition coefficient (Wildman–Crippen LogP) is 3.14. The monoisotopic (exact) mass is 427 g/mol. The first-order valence-corrected chi connectivity index (χ1v) is 10.9. The summed E-state index contributed by atoms with van der Waals surface area (Å²) in [6, 6.07) is 15.5. The van der Waals surface area contributed by atoms with Crippen molar-refractivity contribution in [2.24, 2.45) is 0 Å². The van der Waals surface area contributed by atoms with Crippen LogP contribution in [0.15, 0.2) is 73.3 Å². The van der Waals surface area contributed by atoms with Crippen LogP contribution in [0.2, 0.25) is 0 Å². The van der Waals surface area contributed by atoms with Crippen LogP contribution < -0.4 is 5.32 Å². The summed E-state index contributed by atoms with van der Waals surface area (Å²) in [6.45, 7) is 1.53. The first-order chi connectivity index (χ1) is 15.7. The standard InChI is InChI=1S/C25H25N5O2/c31-24(10-9-19-14-27-22-7-2-1-6-21(19)22)28-15-20-17-29-12-4-8-23(29)25(32)30(20)16-18-5-3-11-26-13-18/h1-8,11-14,20,27H,9-10,15-17H2,(H,28,31). The molecule has 1 aromatic carbocycles. The second-order valence-corrected chi connectivity index (χ2v) is 8.16. The van der Waals surface area contributed by atoms with E-state index in [1.54, 1.807) is 12.4 Å². The van der Waals surface area contributed by atoms with Gasteiger partial charge in [0.1, 0.15) is 5.69 Å². The van der Waals surface area contributed by atoms with E-state index in [9.17, 15) is 9.59 Å². The summed E-state index contributed by atoms with van der Waals surface area (Å²) in [5, 5.41) is 4.20. The van der Waals surface area contributed by atoms with E-state index in [4.69, 9.17) is 0 Å². The maximum Gasteiger partial charge on any atom is 0.271 e. The molecule has 7 nitrogen and oxygen atoms in total. The van der Waals surface area contributed by atoms with Crippen molar-refractivity contribution >= 4 is 22.7 Å². The number of aromatic amines is 1. The molecule has 1 aliphatic rings. The maximum absolute atomic E-state index is 13.1. The lowest BCUT2D eigenvalue weighted by atomic mass is 10.1. The summed E-state index contributed by atoms with van der Waals surface area (Å²) in [4.78, 5) is 35.0. The predicted molar refractivity (Wildman–Crippen MR) is 122 cm³/mol. The van der Waals surface area contributed by atoms with Gasteiger partial charge in [0, 0.05) is 61.7 Å². The minimum absolute atomic E-state index is 0.0117. The van der Waals surface area contributed by atoms with Gasteiger partial charge in [-0.25, -0.2) is 0 Å². The molecule has 0 spiro atoms. The molecule has 32 heavy (non-hydrogen) atoms. The Kier molecular flexibility index (Phi) is 5.46. The normalized spacial score (nSPS) is 15.7. The number of pyridine rings is 1. The molecule has 162 valence electrons. The van der Waals surface area contributed by atoms with Crippen molar-refractivity contribution in [3.8, 4) is 0 Å². The van der Waals surface area contributed by atoms with Crippen LogP contribution in [0.25, 0.3) is 10.9 Å². The molecule has 0 radical (unpaired) electrons. The number of hydrogen-bond donors (Lipinski definition) is 2. The van der Waals surface area contributed by atoms with E-state index in [1.807, 2.05) is 64.3 Å². The number of para-hydroxylation sites is 1. The first kappa shape index (κ1) is 20.1. The van der Waals surface area contributed by atoms with Crippen LogP contribution in [0.3, 0.4) is 0 Å². The van der Waals surface area contributed by atoms with Gasteiger partial charge < -0.3 is 19.8 Å². The van der Waals surface area contributed by atoms with Crippen molar-refractivity contribution in [3.63, 3.8) is 0 Å². The summed E-state index contributed by atoms with van der Waals surface area (Å²) in [5.74, 6) is -0.0366. The zero-order valence-corrected chi connectivity index (χ0v) is 17.7. The Bertz CT molecular complexity index is 1240. The van der Waals surface area contributed by atoms with E-state index in [-0.39, 0.29) is 17.9 Å². The van der Waals surface area contributed by atoms with Gasteiger partial charge in [-0.05, 0) is 41.8 Å². The van der Waals surface area contributed by atoms with Gasteiger partial charge in [0.15, 0.2) is 0 Å². The number of benzene rings is 1. The molecule has 0 saturated heterocycles. The zero-order valence-electron chi connectivity index (χ0n) is 17.7. The molecule has 1 aliphatic heterocycles. The summed E-state index contributed by atoms with van der Waals surface area (Å²) in [5.41, 5.74) is 3.86. The van der Waals surface area contributed by atoms with E-state index >= 15 is 0 Å². The van der Waals surface area contributed by atoms with E-state index in [0.717, 1.165) is 22.0 Å². The number of hydrogen-bond acceptors (Lipinski definition) is 3. The van der Waals surface area contributed by atoms with Crippen molar-refractivity contribution in [2.75, 3.05) is 6.54 Å². The van der Waals surface area contributed by atoms with Crippen LogP contribution in [0.1, 0.15) is 28.0 Å². The fourth-order valence-corrected chi connectivity index (χ4v) is 4.38. The molecule has 3 aromatic heterocycles. The third-order valence-electron chi connectivity index (χ3n) is 6.06. The van der Waals surface area contributed by atoms with E-state index in [2.05, 4.69) is 21.4 Å². The van der Waals surface area contributed by atoms with Crippen molar-refractivity contribution in [3.05, 3.63) is 90.1 Å². The zero-order chi connectivity index (χ0) is 21.9. The van der Waals surface area contributed by atoms with E-state index < -0.39 is 0 Å². The molecule has 1 atom stereocenters. The van der Waals surface area contributed by atoms with Gasteiger partial charge >= 0.3 is 0 Å². The van der Waals surface area contributed by atoms with Crippen molar-refractivity contribution < 1.29 is 9.59 Å². The fourth-order valence-electron chi connectivity index (χ4n) is 4.38. The van der Waals surface area contributed by atoms with Crippen molar-refractivity contribution in [1.29, 1.82) is 0 Å². The molecule has 0 fully saturated rings. The number of carbonyl (C=O) groups excluding carboxylic acids is 2. The highest BCUT2D eigenvalue weighted by Crippen LogP contribution is 2.21. The second kappa shape index (κ2) is 8.70. The number of aryl methyl sites for hydroxylation is 1. The molecule has 5 rings (SSSR count). The average molecular weight is 428 g/mol. The number of carbonyl (C=O) groups is 2. The average Bonchev–Trinajstić information content (AvgIpc) is 3.46. The molecule has 4 heterocycles. The first-order valence-electron chi connectivity index (χ1n) is 10.9. The number of amides is 2. The van der Waals surface area contributed by atoms with Crippen molar-refractivity contribution in [2.45, 2.75) is 32.0 Å². The van der Waals surface area contributed by atoms with Gasteiger partial charge in [-0.3, -0.25) is 14.6 Å². The maximum atomic E-state index is 13.1. The van der Waals surface area contributed by atoms with Gasteiger partial charge in [0.25, 0.3) is 5.91 Å². The molecule has 2 N–H and O–H groups in total. The molecule has 0 saturated carbocycles. The summed E-state index contributed by atoms with van der Waals surface area (Å²) in [7, 11) is 0. The molecule has 0 bridgehead atoms. The number of nitrogens with zero attached hydrogens (tertiary/aromatic N) is 3. The molecule has 1 unspecified atom stereocenters. The Morgan fingerprint density at radius 1 is 1.16 bits per heavy atom. The molecular weight excluding hydrogens is 402 g/mol. The topological polar surface area (TPSA) is 83.0 Å². The summed E-state index contributed by atoms with van der Waals surface area (Å²) in [6.07, 6.45) is 8.46. The lowest BCUT2D eigenvalue weighted by Gasteiger charge is -2.36. The SMILES string of the molecule is O=C(CCc1c[nH]c2ccccc12)NCC1Cn2cccc2C(=O)N1Cc1cccnc1. The molecular formula is C25H25N5O2. The lowest BCUT2D eigenvalue weighted by molar-refractivity contribution is -0.121. The van der Waals surface area contributed by atoms with Gasteiger partial charge in [0.2, 0.25) is 5.91 Å². The lowest BCUT2D eigenvalue weighted by Crippen LogP contribution is -2.52. The minimum Gasteiger partial charge on any atom is -0.361 e. The van der Waals surface area contributed by atoms with E-state index in [1.165, 1.54) is 0 Å². The van der Waals surface area contributed by atoms with Gasteiger partial charge in [-0.1, -0.05) is 24.3 Å². The largest absolute Gasteiger partial charge is 0.361 e. The van der Waals surface area contributed by atoms with E-state index in [0.29, 0.717) is 38.2 Å². The molecule has 0 aliphatic carbocycles. The van der Waals surface area contributed by atoms with Gasteiger partial charge in [-0.15, -0.1) is 0 Å². The Labute approximate surface area is 186 Å². The number of rotatable bonds is 7.